The molecular weight excluding hydrogens is 436 g/mol. The number of hydrogen-bond acceptors (Lipinski definition) is 7. The van der Waals surface area contributed by atoms with Gasteiger partial charge in [-0.25, -0.2) is 23.4 Å². The van der Waals surface area contributed by atoms with Gasteiger partial charge in [-0.15, -0.1) is 0 Å². The molecule has 2 aromatic heterocycles. The summed E-state index contributed by atoms with van der Waals surface area (Å²) in [5, 5.41) is 6.37. The molecule has 0 radical (unpaired) electrons. The minimum atomic E-state index is -3.66. The van der Waals surface area contributed by atoms with E-state index in [1.807, 2.05) is 37.3 Å². The van der Waals surface area contributed by atoms with Crippen molar-refractivity contribution in [1.82, 2.24) is 15.0 Å². The highest BCUT2D eigenvalue weighted by Gasteiger charge is 2.14. The lowest BCUT2D eigenvalue weighted by Gasteiger charge is -2.11. The van der Waals surface area contributed by atoms with E-state index in [4.69, 9.17) is 0 Å². The molecule has 0 saturated heterocycles. The van der Waals surface area contributed by atoms with Gasteiger partial charge in [-0.05, 0) is 67.4 Å². The monoisotopic (exact) mass is 460 g/mol. The maximum atomic E-state index is 12.6. The van der Waals surface area contributed by atoms with E-state index in [9.17, 15) is 8.42 Å². The highest BCUT2D eigenvalue weighted by Crippen LogP contribution is 2.22. The van der Waals surface area contributed by atoms with Crippen molar-refractivity contribution in [2.75, 3.05) is 15.4 Å². The topological polar surface area (TPSA) is 109 Å². The highest BCUT2D eigenvalue weighted by atomic mass is 32.2. The van der Waals surface area contributed by atoms with Crippen molar-refractivity contribution >= 4 is 38.9 Å². The van der Waals surface area contributed by atoms with Gasteiger partial charge < -0.3 is 10.6 Å². The smallest absolute Gasteiger partial charge is 0.261 e. The van der Waals surface area contributed by atoms with Gasteiger partial charge in [0.2, 0.25) is 0 Å². The molecule has 2 heterocycles. The van der Waals surface area contributed by atoms with Crippen LogP contribution in [-0.2, 0) is 16.4 Å². The lowest BCUT2D eigenvalue weighted by atomic mass is 10.2. The van der Waals surface area contributed by atoms with Crippen LogP contribution in [0, 0.1) is 6.92 Å². The fourth-order valence-corrected chi connectivity index (χ4v) is 4.21. The number of nitrogens with one attached hydrogen (secondary N) is 3. The van der Waals surface area contributed by atoms with Crippen molar-refractivity contribution in [2.24, 2.45) is 0 Å². The average Bonchev–Trinajstić information content (AvgIpc) is 2.80. The van der Waals surface area contributed by atoms with Crippen molar-refractivity contribution in [1.29, 1.82) is 0 Å². The predicted molar refractivity (Wildman–Crippen MR) is 131 cm³/mol. The Kier molecular flexibility index (Phi) is 6.50. The van der Waals surface area contributed by atoms with Gasteiger partial charge in [-0.3, -0.25) is 4.72 Å². The van der Waals surface area contributed by atoms with Crippen molar-refractivity contribution in [2.45, 2.75) is 25.2 Å². The third kappa shape index (κ3) is 5.83. The first-order valence-electron chi connectivity index (χ1n) is 10.4. The molecule has 0 atom stereocenters. The number of rotatable bonds is 8. The van der Waals surface area contributed by atoms with Gasteiger partial charge in [0.1, 0.15) is 23.3 Å². The highest BCUT2D eigenvalue weighted by molar-refractivity contribution is 7.92. The van der Waals surface area contributed by atoms with Crippen molar-refractivity contribution in [3.8, 4) is 0 Å². The van der Waals surface area contributed by atoms with Crippen LogP contribution < -0.4 is 15.4 Å². The molecule has 8 nitrogen and oxygen atoms in total. The van der Waals surface area contributed by atoms with Crippen LogP contribution in [0.15, 0.2) is 83.9 Å². The Morgan fingerprint density at radius 3 is 2.09 bits per heavy atom. The maximum Gasteiger partial charge on any atom is 0.261 e. The molecule has 0 bridgehead atoms. The van der Waals surface area contributed by atoms with E-state index in [0.717, 1.165) is 17.7 Å². The second kappa shape index (κ2) is 9.66. The largest absolute Gasteiger partial charge is 0.340 e. The van der Waals surface area contributed by atoms with E-state index >= 15 is 0 Å². The fourth-order valence-electron chi connectivity index (χ4n) is 3.15. The average molecular weight is 461 g/mol. The SMILES string of the molecule is CCc1ccc(S(=O)(=O)Nc2ccc(Nc3cc(Nc4ccccn4)nc(C)n3)cc2)cc1. The molecule has 9 heteroatoms. The molecule has 33 heavy (non-hydrogen) atoms. The third-order valence-electron chi connectivity index (χ3n) is 4.81. The van der Waals surface area contributed by atoms with Crippen molar-refractivity contribution in [3.05, 3.63) is 90.4 Å². The van der Waals surface area contributed by atoms with Gasteiger partial charge in [0.25, 0.3) is 10.0 Å². The number of aromatic nitrogens is 3. The van der Waals surface area contributed by atoms with Crippen LogP contribution >= 0.6 is 0 Å². The van der Waals surface area contributed by atoms with E-state index in [0.29, 0.717) is 29.0 Å². The molecule has 0 aliphatic rings. The molecule has 0 aliphatic heterocycles. The van der Waals surface area contributed by atoms with Crippen LogP contribution in [0.2, 0.25) is 0 Å². The summed E-state index contributed by atoms with van der Waals surface area (Å²) < 4.78 is 27.9. The van der Waals surface area contributed by atoms with Gasteiger partial charge in [-0.1, -0.05) is 25.1 Å². The minimum absolute atomic E-state index is 0.228. The second-order valence-electron chi connectivity index (χ2n) is 7.33. The molecule has 4 rings (SSSR count). The number of sulfonamides is 1. The van der Waals surface area contributed by atoms with Crippen molar-refractivity contribution < 1.29 is 8.42 Å². The van der Waals surface area contributed by atoms with E-state index in [1.54, 1.807) is 55.6 Å². The molecule has 4 aromatic rings. The Bertz CT molecular complexity index is 1330. The Hall–Kier alpha value is -3.98. The Morgan fingerprint density at radius 2 is 1.45 bits per heavy atom. The number of hydrogen-bond donors (Lipinski definition) is 3. The second-order valence-corrected chi connectivity index (χ2v) is 9.01. The van der Waals surface area contributed by atoms with Gasteiger partial charge in [0.05, 0.1) is 4.90 Å². The number of pyridine rings is 1. The van der Waals surface area contributed by atoms with Crippen molar-refractivity contribution in [3.63, 3.8) is 0 Å². The lowest BCUT2D eigenvalue weighted by molar-refractivity contribution is 0.601. The molecule has 168 valence electrons. The van der Waals surface area contributed by atoms with E-state index in [1.165, 1.54) is 0 Å². The summed E-state index contributed by atoms with van der Waals surface area (Å²) in [6, 6.07) is 21.2. The molecule has 0 aliphatic carbocycles. The number of benzene rings is 2. The summed E-state index contributed by atoms with van der Waals surface area (Å²) in [7, 11) is -3.66. The summed E-state index contributed by atoms with van der Waals surface area (Å²) in [6.45, 7) is 3.83. The summed E-state index contributed by atoms with van der Waals surface area (Å²) >= 11 is 0. The molecular formula is C24H24N6O2S. The standard InChI is InChI=1S/C24H24N6O2S/c1-3-18-7-13-21(14-8-18)33(31,32)30-20-11-9-19(10-12-20)28-23-16-24(27-17(2)26-23)29-22-6-4-5-15-25-22/h4-16,30H,3H2,1-2H3,(H2,25,26,27,28,29). The van der Waals surface area contributed by atoms with E-state index in [-0.39, 0.29) is 4.90 Å². The molecule has 0 spiro atoms. The maximum absolute atomic E-state index is 12.6. The molecule has 0 fully saturated rings. The zero-order chi connectivity index (χ0) is 23.3. The van der Waals surface area contributed by atoms with Crippen LogP contribution in [0.5, 0.6) is 0 Å². The molecule has 0 unspecified atom stereocenters. The Balaban J connectivity index is 1.45. The van der Waals surface area contributed by atoms with Crippen LogP contribution in [0.4, 0.5) is 28.8 Å². The normalized spacial score (nSPS) is 11.1. The van der Waals surface area contributed by atoms with Gasteiger partial charge in [0.15, 0.2) is 0 Å². The van der Waals surface area contributed by atoms with E-state index < -0.39 is 10.0 Å². The zero-order valence-corrected chi connectivity index (χ0v) is 19.1. The number of anilines is 5. The fraction of sp³-hybridized carbons (Fsp3) is 0.125. The third-order valence-corrected chi connectivity index (χ3v) is 6.21. The quantitative estimate of drug-likeness (QED) is 0.338. The lowest BCUT2D eigenvalue weighted by Crippen LogP contribution is -2.12. The number of aryl methyl sites for hydroxylation is 2. The van der Waals surface area contributed by atoms with Gasteiger partial charge >= 0.3 is 0 Å². The molecule has 3 N–H and O–H groups in total. The van der Waals surface area contributed by atoms with Gasteiger partial charge in [-0.2, -0.15) is 0 Å². The molecule has 0 saturated carbocycles. The van der Waals surface area contributed by atoms with Crippen LogP contribution in [-0.4, -0.2) is 23.4 Å². The first kappa shape index (κ1) is 22.2. The molecule has 2 aromatic carbocycles. The van der Waals surface area contributed by atoms with E-state index in [2.05, 4.69) is 30.3 Å². The minimum Gasteiger partial charge on any atom is -0.340 e. The first-order valence-corrected chi connectivity index (χ1v) is 11.9. The van der Waals surface area contributed by atoms with Crippen LogP contribution in [0.3, 0.4) is 0 Å². The number of nitrogens with zero attached hydrogens (tertiary/aromatic N) is 3. The Morgan fingerprint density at radius 1 is 0.788 bits per heavy atom. The van der Waals surface area contributed by atoms with Crippen LogP contribution in [0.25, 0.3) is 0 Å². The van der Waals surface area contributed by atoms with Crippen LogP contribution in [0.1, 0.15) is 18.3 Å². The Labute approximate surface area is 193 Å². The zero-order valence-electron chi connectivity index (χ0n) is 18.3. The summed E-state index contributed by atoms with van der Waals surface area (Å²) in [5.41, 5.74) is 2.31. The first-order chi connectivity index (χ1) is 15.9. The predicted octanol–water partition coefficient (Wildman–Crippen LogP) is 5.03. The van der Waals surface area contributed by atoms with Gasteiger partial charge in [0, 0.05) is 23.6 Å². The summed E-state index contributed by atoms with van der Waals surface area (Å²) in [6.07, 6.45) is 2.56. The summed E-state index contributed by atoms with van der Waals surface area (Å²) in [4.78, 5) is 13.3. The molecule has 0 amide bonds. The summed E-state index contributed by atoms with van der Waals surface area (Å²) in [5.74, 6) is 2.49.